The zero-order chi connectivity index (χ0) is 24.5. The highest BCUT2D eigenvalue weighted by atomic mass is 16.5. The van der Waals surface area contributed by atoms with Crippen molar-refractivity contribution in [2.24, 2.45) is 5.92 Å². The molecule has 35 heavy (non-hydrogen) atoms. The summed E-state index contributed by atoms with van der Waals surface area (Å²) in [6.07, 6.45) is 4.61. The Hall–Kier alpha value is -2.90. The predicted molar refractivity (Wildman–Crippen MR) is 135 cm³/mol. The lowest BCUT2D eigenvalue weighted by atomic mass is 9.97. The van der Waals surface area contributed by atoms with Crippen LogP contribution in [0.1, 0.15) is 53.6 Å². The van der Waals surface area contributed by atoms with Crippen LogP contribution in [0, 0.1) is 5.92 Å². The predicted octanol–water partition coefficient (Wildman–Crippen LogP) is 3.21. The molecule has 0 saturated carbocycles. The summed E-state index contributed by atoms with van der Waals surface area (Å²) in [4.78, 5) is 30.4. The quantitative estimate of drug-likeness (QED) is 0.704. The number of aliphatic hydroxyl groups excluding tert-OH is 1. The number of hydrogen-bond donors (Lipinski definition) is 2. The summed E-state index contributed by atoms with van der Waals surface area (Å²) in [5.74, 6) is 0.796. The molecule has 0 aromatic heterocycles. The van der Waals surface area contributed by atoms with Gasteiger partial charge < -0.3 is 20.1 Å². The van der Waals surface area contributed by atoms with Crippen molar-refractivity contribution >= 4 is 11.8 Å². The Balaban J connectivity index is 1.66. The minimum atomic E-state index is -0.0305. The van der Waals surface area contributed by atoms with E-state index in [9.17, 15) is 14.7 Å². The second-order valence-electron chi connectivity index (χ2n) is 9.61. The number of likely N-dealkylation sites (tertiary alicyclic amines) is 1. The lowest BCUT2D eigenvalue weighted by Crippen LogP contribution is -2.41. The number of nitrogens with zero attached hydrogens (tertiary/aromatic N) is 2. The topological polar surface area (TPSA) is 82.1 Å². The van der Waals surface area contributed by atoms with Crippen LogP contribution in [0.15, 0.2) is 48.5 Å². The molecule has 0 spiro atoms. The van der Waals surface area contributed by atoms with Gasteiger partial charge in [0.25, 0.3) is 5.91 Å². The summed E-state index contributed by atoms with van der Waals surface area (Å²) in [5.41, 5.74) is 2.55. The molecule has 2 aromatic carbocycles. The monoisotopic (exact) mass is 479 g/mol. The van der Waals surface area contributed by atoms with Crippen molar-refractivity contribution in [3.8, 4) is 5.75 Å². The highest BCUT2D eigenvalue weighted by Crippen LogP contribution is 2.28. The normalized spacial score (nSPS) is 20.4. The molecule has 0 aliphatic carbocycles. The number of nitrogens with one attached hydrogen (secondary N) is 1. The Bertz CT molecular complexity index is 981. The first kappa shape index (κ1) is 25.2. The summed E-state index contributed by atoms with van der Waals surface area (Å²) >= 11 is 0. The van der Waals surface area contributed by atoms with E-state index in [0.717, 1.165) is 43.2 Å². The molecule has 188 valence electrons. The molecule has 2 aliphatic heterocycles. The van der Waals surface area contributed by atoms with Crippen molar-refractivity contribution < 1.29 is 19.4 Å². The Kier molecular flexibility index (Phi) is 9.15. The first-order valence-electron chi connectivity index (χ1n) is 12.8. The molecule has 7 heteroatoms. The Morgan fingerprint density at radius 2 is 1.89 bits per heavy atom. The fraction of sp³-hybridized carbons (Fsp3) is 0.500. The van der Waals surface area contributed by atoms with E-state index in [1.165, 1.54) is 0 Å². The first-order valence-corrected chi connectivity index (χ1v) is 12.8. The standard InChI is InChI=1S/C28H37N3O4/c32-21-23-11-8-15-31(18-23)28(34)24-12-7-13-26-25(24)19-30(17-22-9-3-1-4-10-22)20-27(33)29-14-5-2-6-16-35-26/h1,3-4,7,9-10,12-13,23,32H,2,5-6,8,11,14-21H2,(H,29,33). The van der Waals surface area contributed by atoms with Crippen LogP contribution >= 0.6 is 0 Å². The molecule has 2 N–H and O–H groups in total. The first-order chi connectivity index (χ1) is 17.1. The second-order valence-corrected chi connectivity index (χ2v) is 9.61. The molecule has 2 aliphatic rings. The number of benzene rings is 2. The maximum atomic E-state index is 13.7. The molecule has 2 aromatic rings. The van der Waals surface area contributed by atoms with Crippen molar-refractivity contribution in [1.29, 1.82) is 0 Å². The molecular weight excluding hydrogens is 442 g/mol. The fourth-order valence-corrected chi connectivity index (χ4v) is 4.94. The number of carbonyl (C=O) groups is 2. The molecule has 0 bridgehead atoms. The lowest BCUT2D eigenvalue weighted by Gasteiger charge is -2.33. The number of piperidine rings is 1. The van der Waals surface area contributed by atoms with Gasteiger partial charge in [0.05, 0.1) is 13.2 Å². The summed E-state index contributed by atoms with van der Waals surface area (Å²) in [5, 5.41) is 12.7. The van der Waals surface area contributed by atoms with Crippen LogP contribution in [-0.2, 0) is 17.9 Å². The van der Waals surface area contributed by atoms with Crippen LogP contribution in [0.5, 0.6) is 5.75 Å². The number of aliphatic hydroxyl groups is 1. The fourth-order valence-electron chi connectivity index (χ4n) is 4.94. The third kappa shape index (κ3) is 7.05. The van der Waals surface area contributed by atoms with Crippen LogP contribution in [-0.4, -0.2) is 66.1 Å². The van der Waals surface area contributed by atoms with Gasteiger partial charge in [0.2, 0.25) is 5.91 Å². The van der Waals surface area contributed by atoms with Gasteiger partial charge in [0, 0.05) is 50.5 Å². The molecule has 1 unspecified atom stereocenters. The zero-order valence-corrected chi connectivity index (χ0v) is 20.5. The van der Waals surface area contributed by atoms with Gasteiger partial charge in [-0.3, -0.25) is 14.5 Å². The molecule has 0 radical (unpaired) electrons. The van der Waals surface area contributed by atoms with Gasteiger partial charge in [-0.1, -0.05) is 36.4 Å². The molecule has 4 rings (SSSR count). The largest absolute Gasteiger partial charge is 0.493 e. The van der Waals surface area contributed by atoms with Gasteiger partial charge in [-0.2, -0.15) is 0 Å². The van der Waals surface area contributed by atoms with Gasteiger partial charge in [-0.05, 0) is 55.7 Å². The summed E-state index contributed by atoms with van der Waals surface area (Å²) in [7, 11) is 0. The van der Waals surface area contributed by atoms with Crippen molar-refractivity contribution in [2.45, 2.75) is 45.2 Å². The number of hydrogen-bond acceptors (Lipinski definition) is 5. The number of ether oxygens (including phenoxy) is 1. The van der Waals surface area contributed by atoms with Crippen molar-refractivity contribution in [3.05, 3.63) is 65.2 Å². The van der Waals surface area contributed by atoms with Gasteiger partial charge >= 0.3 is 0 Å². The number of rotatable bonds is 4. The van der Waals surface area contributed by atoms with E-state index in [0.29, 0.717) is 50.6 Å². The molecule has 1 atom stereocenters. The van der Waals surface area contributed by atoms with E-state index < -0.39 is 0 Å². The Morgan fingerprint density at radius 3 is 2.71 bits per heavy atom. The van der Waals surface area contributed by atoms with Crippen LogP contribution in [0.3, 0.4) is 0 Å². The van der Waals surface area contributed by atoms with E-state index in [4.69, 9.17) is 4.74 Å². The summed E-state index contributed by atoms with van der Waals surface area (Å²) < 4.78 is 6.20. The van der Waals surface area contributed by atoms with Gasteiger partial charge in [-0.25, -0.2) is 0 Å². The number of carbonyl (C=O) groups excluding carboxylic acids is 2. The number of amides is 2. The van der Waals surface area contributed by atoms with Gasteiger partial charge in [0.15, 0.2) is 0 Å². The van der Waals surface area contributed by atoms with Crippen LogP contribution in [0.4, 0.5) is 0 Å². The van der Waals surface area contributed by atoms with Crippen LogP contribution in [0.2, 0.25) is 0 Å². The van der Waals surface area contributed by atoms with E-state index in [1.54, 1.807) is 0 Å². The minimum absolute atomic E-state index is 0.00623. The molecule has 7 nitrogen and oxygen atoms in total. The SMILES string of the molecule is O=C1CN(Cc2ccccc2)Cc2c(cccc2C(=O)N2CCCC(CO)C2)OCCCCCN1. The maximum Gasteiger partial charge on any atom is 0.254 e. The minimum Gasteiger partial charge on any atom is -0.493 e. The van der Waals surface area contributed by atoms with E-state index in [2.05, 4.69) is 22.3 Å². The number of fused-ring (bicyclic) bond motifs is 1. The zero-order valence-electron chi connectivity index (χ0n) is 20.5. The van der Waals surface area contributed by atoms with Crippen molar-refractivity contribution in [3.63, 3.8) is 0 Å². The third-order valence-electron chi connectivity index (χ3n) is 6.83. The maximum absolute atomic E-state index is 13.7. The molecule has 2 heterocycles. The van der Waals surface area contributed by atoms with Gasteiger partial charge in [-0.15, -0.1) is 0 Å². The third-order valence-corrected chi connectivity index (χ3v) is 6.83. The van der Waals surface area contributed by atoms with Crippen LogP contribution in [0.25, 0.3) is 0 Å². The Morgan fingerprint density at radius 1 is 1.03 bits per heavy atom. The van der Waals surface area contributed by atoms with Crippen molar-refractivity contribution in [2.75, 3.05) is 39.4 Å². The highest BCUT2D eigenvalue weighted by molar-refractivity contribution is 5.96. The van der Waals surface area contributed by atoms with Crippen molar-refractivity contribution in [1.82, 2.24) is 15.1 Å². The van der Waals surface area contributed by atoms with Crippen LogP contribution < -0.4 is 10.1 Å². The van der Waals surface area contributed by atoms with E-state index >= 15 is 0 Å². The van der Waals surface area contributed by atoms with E-state index in [1.807, 2.05) is 41.3 Å². The van der Waals surface area contributed by atoms with Gasteiger partial charge in [0.1, 0.15) is 5.75 Å². The average molecular weight is 480 g/mol. The summed E-state index contributed by atoms with van der Waals surface area (Å²) in [6.45, 7) is 3.85. The average Bonchev–Trinajstić information content (AvgIpc) is 2.90. The second kappa shape index (κ2) is 12.7. The molecule has 1 saturated heterocycles. The lowest BCUT2D eigenvalue weighted by molar-refractivity contribution is -0.122. The van der Waals surface area contributed by atoms with E-state index in [-0.39, 0.29) is 30.9 Å². The smallest absolute Gasteiger partial charge is 0.254 e. The molecule has 2 amide bonds. The molecular formula is C28H37N3O4. The highest BCUT2D eigenvalue weighted by Gasteiger charge is 2.27. The molecule has 1 fully saturated rings. The Labute approximate surface area is 208 Å². The summed E-state index contributed by atoms with van der Waals surface area (Å²) in [6, 6.07) is 15.8.